The second kappa shape index (κ2) is 8.63. The van der Waals surface area contributed by atoms with Gasteiger partial charge in [-0.25, -0.2) is 12.7 Å². The Balaban J connectivity index is 1.92. The number of amides is 1. The SMILES string of the molecule is C=C[C@H]1c2ccccc2N(S(=O)(=O)c2ccc(C)cc2)C(=O)C[C@@H]1c1ccccc1OC. The lowest BCUT2D eigenvalue weighted by atomic mass is 9.79. The molecule has 6 heteroatoms. The number of hydrogen-bond donors (Lipinski definition) is 0. The van der Waals surface area contributed by atoms with Crippen LogP contribution in [0, 0.1) is 6.92 Å². The molecule has 0 radical (unpaired) electrons. The van der Waals surface area contributed by atoms with E-state index in [-0.39, 0.29) is 23.2 Å². The van der Waals surface area contributed by atoms with Crippen molar-refractivity contribution < 1.29 is 17.9 Å². The Labute approximate surface area is 189 Å². The van der Waals surface area contributed by atoms with Crippen LogP contribution in [0.15, 0.2) is 90.3 Å². The van der Waals surface area contributed by atoms with Gasteiger partial charge in [-0.1, -0.05) is 60.2 Å². The predicted molar refractivity (Wildman–Crippen MR) is 126 cm³/mol. The number of hydrogen-bond acceptors (Lipinski definition) is 4. The summed E-state index contributed by atoms with van der Waals surface area (Å²) in [5.74, 6) is -0.428. The normalized spacial score (nSPS) is 18.6. The molecule has 0 bridgehead atoms. The number of carbonyl (C=O) groups is 1. The van der Waals surface area contributed by atoms with Gasteiger partial charge in [0.05, 0.1) is 17.7 Å². The highest BCUT2D eigenvalue weighted by Crippen LogP contribution is 2.47. The molecule has 0 aromatic heterocycles. The summed E-state index contributed by atoms with van der Waals surface area (Å²) in [6, 6.07) is 21.2. The first-order valence-corrected chi connectivity index (χ1v) is 11.8. The number of aryl methyl sites for hydroxylation is 1. The van der Waals surface area contributed by atoms with Crippen LogP contribution in [-0.4, -0.2) is 21.4 Å². The van der Waals surface area contributed by atoms with E-state index in [2.05, 4.69) is 6.58 Å². The van der Waals surface area contributed by atoms with Crippen LogP contribution in [0.25, 0.3) is 0 Å². The van der Waals surface area contributed by atoms with Gasteiger partial charge in [0, 0.05) is 18.3 Å². The molecule has 1 aliphatic heterocycles. The largest absolute Gasteiger partial charge is 0.496 e. The molecule has 0 spiro atoms. The second-order valence-electron chi connectivity index (χ2n) is 7.85. The highest BCUT2D eigenvalue weighted by Gasteiger charge is 2.40. The lowest BCUT2D eigenvalue weighted by Gasteiger charge is -2.24. The molecule has 1 amide bonds. The first-order valence-electron chi connectivity index (χ1n) is 10.4. The summed E-state index contributed by atoms with van der Waals surface area (Å²) in [7, 11) is -2.51. The molecular formula is C26H25NO4S. The van der Waals surface area contributed by atoms with Gasteiger partial charge in [0.2, 0.25) is 5.91 Å². The van der Waals surface area contributed by atoms with E-state index in [9.17, 15) is 13.2 Å². The van der Waals surface area contributed by atoms with E-state index in [1.54, 1.807) is 37.5 Å². The number of rotatable bonds is 5. The van der Waals surface area contributed by atoms with Gasteiger partial charge in [-0.3, -0.25) is 4.79 Å². The number of nitrogens with zero attached hydrogens (tertiary/aromatic N) is 1. The van der Waals surface area contributed by atoms with E-state index in [0.29, 0.717) is 11.4 Å². The predicted octanol–water partition coefficient (Wildman–Crippen LogP) is 5.18. The molecule has 0 saturated carbocycles. The van der Waals surface area contributed by atoms with Gasteiger partial charge in [0.25, 0.3) is 10.0 Å². The van der Waals surface area contributed by atoms with Gasteiger partial charge < -0.3 is 4.74 Å². The van der Waals surface area contributed by atoms with Gasteiger partial charge in [0.1, 0.15) is 5.75 Å². The van der Waals surface area contributed by atoms with Crippen LogP contribution >= 0.6 is 0 Å². The molecule has 3 aromatic rings. The smallest absolute Gasteiger partial charge is 0.270 e. The Morgan fingerprint density at radius 1 is 0.969 bits per heavy atom. The Morgan fingerprint density at radius 2 is 1.59 bits per heavy atom. The summed E-state index contributed by atoms with van der Waals surface area (Å²) in [6.45, 7) is 5.90. The second-order valence-corrected chi connectivity index (χ2v) is 9.64. The van der Waals surface area contributed by atoms with Gasteiger partial charge in [-0.05, 0) is 42.3 Å². The van der Waals surface area contributed by atoms with Crippen molar-refractivity contribution in [2.24, 2.45) is 0 Å². The minimum atomic E-state index is -4.10. The number of benzene rings is 3. The Bertz CT molecular complexity index is 1260. The van der Waals surface area contributed by atoms with Crippen LogP contribution in [0.4, 0.5) is 5.69 Å². The van der Waals surface area contributed by atoms with Crippen molar-refractivity contribution in [3.63, 3.8) is 0 Å². The molecule has 0 unspecified atom stereocenters. The van der Waals surface area contributed by atoms with Crippen molar-refractivity contribution in [1.82, 2.24) is 0 Å². The third-order valence-electron chi connectivity index (χ3n) is 5.92. The zero-order valence-electron chi connectivity index (χ0n) is 18.1. The lowest BCUT2D eigenvalue weighted by Crippen LogP contribution is -2.37. The summed E-state index contributed by atoms with van der Waals surface area (Å²) in [5.41, 5.74) is 2.88. The number of ether oxygens (including phenoxy) is 1. The van der Waals surface area contributed by atoms with Gasteiger partial charge in [-0.2, -0.15) is 0 Å². The fraction of sp³-hybridized carbons (Fsp3) is 0.192. The maximum atomic E-state index is 13.6. The lowest BCUT2D eigenvalue weighted by molar-refractivity contribution is -0.117. The first-order chi connectivity index (χ1) is 15.4. The summed E-state index contributed by atoms with van der Waals surface area (Å²) in [4.78, 5) is 13.7. The van der Waals surface area contributed by atoms with Crippen molar-refractivity contribution in [3.8, 4) is 5.75 Å². The zero-order valence-corrected chi connectivity index (χ0v) is 18.9. The zero-order chi connectivity index (χ0) is 22.9. The molecule has 5 nitrogen and oxygen atoms in total. The molecule has 0 aliphatic carbocycles. The molecule has 164 valence electrons. The van der Waals surface area contributed by atoms with E-state index < -0.39 is 15.9 Å². The molecule has 1 heterocycles. The highest BCUT2D eigenvalue weighted by atomic mass is 32.2. The van der Waals surface area contributed by atoms with Crippen molar-refractivity contribution in [2.75, 3.05) is 11.4 Å². The number of anilines is 1. The van der Waals surface area contributed by atoms with Crippen LogP contribution in [-0.2, 0) is 14.8 Å². The fourth-order valence-corrected chi connectivity index (χ4v) is 5.81. The number of methoxy groups -OCH3 is 1. The van der Waals surface area contributed by atoms with Crippen LogP contribution in [0.5, 0.6) is 5.75 Å². The summed E-state index contributed by atoms with van der Waals surface area (Å²) in [5, 5.41) is 0. The highest BCUT2D eigenvalue weighted by molar-refractivity contribution is 7.93. The van der Waals surface area contributed by atoms with Crippen molar-refractivity contribution in [3.05, 3.63) is 102 Å². The molecule has 4 rings (SSSR count). The van der Waals surface area contributed by atoms with Crippen molar-refractivity contribution in [1.29, 1.82) is 0 Å². The number of sulfonamides is 1. The van der Waals surface area contributed by atoms with Gasteiger partial charge >= 0.3 is 0 Å². The monoisotopic (exact) mass is 447 g/mol. The topological polar surface area (TPSA) is 63.7 Å². The average Bonchev–Trinajstić information content (AvgIpc) is 2.92. The third-order valence-corrected chi connectivity index (χ3v) is 7.67. The van der Waals surface area contributed by atoms with Crippen molar-refractivity contribution >= 4 is 21.6 Å². The van der Waals surface area contributed by atoms with Crippen LogP contribution < -0.4 is 9.04 Å². The third kappa shape index (κ3) is 3.71. The number of para-hydroxylation sites is 2. The Morgan fingerprint density at radius 3 is 2.25 bits per heavy atom. The quantitative estimate of drug-likeness (QED) is 0.506. The summed E-state index contributed by atoms with van der Waals surface area (Å²) >= 11 is 0. The molecular weight excluding hydrogens is 422 g/mol. The molecule has 0 N–H and O–H groups in total. The van der Waals surface area contributed by atoms with Crippen LogP contribution in [0.1, 0.15) is 34.9 Å². The molecule has 0 fully saturated rings. The van der Waals surface area contributed by atoms with Crippen LogP contribution in [0.2, 0.25) is 0 Å². The molecule has 2 atom stereocenters. The molecule has 3 aromatic carbocycles. The maximum absolute atomic E-state index is 13.6. The fourth-order valence-electron chi connectivity index (χ4n) is 4.35. The number of carbonyl (C=O) groups excluding carboxylic acids is 1. The molecule has 32 heavy (non-hydrogen) atoms. The molecule has 1 aliphatic rings. The van der Waals surface area contributed by atoms with Gasteiger partial charge in [-0.15, -0.1) is 6.58 Å². The minimum absolute atomic E-state index is 0.00314. The first kappa shape index (κ1) is 21.8. The Kier molecular flexibility index (Phi) is 5.89. The van der Waals surface area contributed by atoms with Crippen LogP contribution in [0.3, 0.4) is 0 Å². The average molecular weight is 448 g/mol. The maximum Gasteiger partial charge on any atom is 0.270 e. The van der Waals surface area contributed by atoms with E-state index in [1.807, 2.05) is 43.3 Å². The Hall–Kier alpha value is -3.38. The van der Waals surface area contributed by atoms with Gasteiger partial charge in [0.15, 0.2) is 0 Å². The molecule has 0 saturated heterocycles. The van der Waals surface area contributed by atoms with E-state index in [0.717, 1.165) is 21.0 Å². The summed E-state index contributed by atoms with van der Waals surface area (Å²) in [6.07, 6.45) is 1.78. The number of allylic oxidation sites excluding steroid dienone is 1. The minimum Gasteiger partial charge on any atom is -0.496 e. The van der Waals surface area contributed by atoms with E-state index >= 15 is 0 Å². The van der Waals surface area contributed by atoms with Crippen molar-refractivity contribution in [2.45, 2.75) is 30.1 Å². The standard InChI is InChI=1S/C26H25NO4S/c1-4-20-21-9-5-7-11-24(21)27(32(29,30)19-15-13-18(2)14-16-19)26(28)17-23(20)22-10-6-8-12-25(22)31-3/h4-16,20,23H,1,17H2,2-3H3/t20-,23-/m0/s1. The van der Waals surface area contributed by atoms with E-state index in [4.69, 9.17) is 4.74 Å². The summed E-state index contributed by atoms with van der Waals surface area (Å²) < 4.78 is 33.8. The van der Waals surface area contributed by atoms with E-state index in [1.165, 1.54) is 12.1 Å². The number of fused-ring (bicyclic) bond motifs is 1.